The highest BCUT2D eigenvalue weighted by molar-refractivity contribution is 14.1. The molecule has 172 valence electrons. The molecule has 2 aromatic rings. The molecule has 33 heavy (non-hydrogen) atoms. The van der Waals surface area contributed by atoms with Crippen LogP contribution in [0.5, 0.6) is 5.75 Å². The molecule has 1 aliphatic heterocycles. The van der Waals surface area contributed by atoms with Gasteiger partial charge in [-0.2, -0.15) is 0 Å². The van der Waals surface area contributed by atoms with Crippen molar-refractivity contribution < 1.29 is 29.0 Å². The second-order valence-corrected chi connectivity index (χ2v) is 9.65. The Morgan fingerprint density at radius 3 is 2.58 bits per heavy atom. The molecule has 1 fully saturated rings. The SMILES string of the molecule is CCOC(=O)COc1c(Br)cc(/C=C2\SC(=Nc3ccc(C(=O)O)cc3)N(C)C2=O)cc1I. The van der Waals surface area contributed by atoms with Gasteiger partial charge in [0.15, 0.2) is 11.8 Å². The number of amides is 1. The van der Waals surface area contributed by atoms with Crippen LogP contribution in [0.1, 0.15) is 22.8 Å². The highest BCUT2D eigenvalue weighted by Gasteiger charge is 2.30. The molecule has 0 saturated carbocycles. The molecular weight excluding hydrogens is 627 g/mol. The Bertz CT molecular complexity index is 1140. The number of amidine groups is 1. The number of ether oxygens (including phenoxy) is 2. The quantitative estimate of drug-likeness (QED) is 0.259. The van der Waals surface area contributed by atoms with E-state index in [4.69, 9.17) is 14.6 Å². The highest BCUT2D eigenvalue weighted by Crippen LogP contribution is 2.36. The van der Waals surface area contributed by atoms with Crippen LogP contribution < -0.4 is 4.74 Å². The number of esters is 1. The van der Waals surface area contributed by atoms with Gasteiger partial charge in [-0.15, -0.1) is 0 Å². The molecule has 3 rings (SSSR count). The lowest BCUT2D eigenvalue weighted by atomic mass is 10.2. The molecule has 1 N–H and O–H groups in total. The van der Waals surface area contributed by atoms with Gasteiger partial charge in [-0.3, -0.25) is 9.69 Å². The largest absolute Gasteiger partial charge is 0.480 e. The molecule has 11 heteroatoms. The first kappa shape index (κ1) is 25.2. The zero-order chi connectivity index (χ0) is 24.1. The lowest BCUT2D eigenvalue weighted by Crippen LogP contribution is -2.23. The van der Waals surface area contributed by atoms with Crippen molar-refractivity contribution in [3.63, 3.8) is 0 Å². The average molecular weight is 645 g/mol. The summed E-state index contributed by atoms with van der Waals surface area (Å²) in [6, 6.07) is 9.74. The number of nitrogens with zero attached hydrogens (tertiary/aromatic N) is 2. The van der Waals surface area contributed by atoms with Crippen LogP contribution in [0, 0.1) is 3.57 Å². The van der Waals surface area contributed by atoms with Crippen molar-refractivity contribution in [3.8, 4) is 5.75 Å². The standard InChI is InChI=1S/C22H18BrIN2O6S/c1-3-31-18(27)11-32-19-15(23)8-12(9-16(19)24)10-17-20(28)26(2)22(33-17)25-14-6-4-13(5-7-14)21(29)30/h4-10H,3,11H2,1-2H3,(H,29,30)/b17-10-,25-22?. The molecule has 2 aromatic carbocycles. The van der Waals surface area contributed by atoms with Gasteiger partial charge < -0.3 is 14.6 Å². The van der Waals surface area contributed by atoms with Crippen LogP contribution in [0.15, 0.2) is 50.8 Å². The first-order chi connectivity index (χ1) is 15.7. The monoisotopic (exact) mass is 644 g/mol. The van der Waals surface area contributed by atoms with Crippen LogP contribution in [0.2, 0.25) is 0 Å². The van der Waals surface area contributed by atoms with E-state index in [0.29, 0.717) is 26.0 Å². The Morgan fingerprint density at radius 2 is 1.97 bits per heavy atom. The molecule has 0 spiro atoms. The molecule has 1 heterocycles. The zero-order valence-corrected chi connectivity index (χ0v) is 22.1. The van der Waals surface area contributed by atoms with Crippen LogP contribution in [-0.2, 0) is 14.3 Å². The van der Waals surface area contributed by atoms with Gasteiger partial charge in [0.2, 0.25) is 0 Å². The molecule has 1 saturated heterocycles. The summed E-state index contributed by atoms with van der Waals surface area (Å²) in [5, 5.41) is 9.49. The van der Waals surface area contributed by atoms with E-state index in [-0.39, 0.29) is 24.7 Å². The number of aromatic carboxylic acids is 1. The Labute approximate surface area is 216 Å². The maximum absolute atomic E-state index is 12.7. The van der Waals surface area contributed by atoms with E-state index >= 15 is 0 Å². The Balaban J connectivity index is 1.79. The minimum Gasteiger partial charge on any atom is -0.480 e. The van der Waals surface area contributed by atoms with Gasteiger partial charge in [0.25, 0.3) is 5.91 Å². The Morgan fingerprint density at radius 1 is 1.27 bits per heavy atom. The summed E-state index contributed by atoms with van der Waals surface area (Å²) >= 11 is 6.78. The number of carboxylic acid groups (broad SMARTS) is 1. The molecular formula is C22H18BrIN2O6S. The summed E-state index contributed by atoms with van der Waals surface area (Å²) in [6.07, 6.45) is 1.75. The van der Waals surface area contributed by atoms with E-state index in [9.17, 15) is 14.4 Å². The van der Waals surface area contributed by atoms with Gasteiger partial charge in [-0.1, -0.05) is 0 Å². The van der Waals surface area contributed by atoms with E-state index in [1.54, 1.807) is 38.2 Å². The van der Waals surface area contributed by atoms with E-state index in [2.05, 4.69) is 43.5 Å². The molecule has 0 bridgehead atoms. The fourth-order valence-corrected chi connectivity index (χ4v) is 5.48. The third-order valence-corrected chi connectivity index (χ3v) is 6.75. The number of hydrogen-bond donors (Lipinski definition) is 1. The van der Waals surface area contributed by atoms with Crippen LogP contribution in [-0.4, -0.2) is 53.3 Å². The maximum Gasteiger partial charge on any atom is 0.344 e. The minimum absolute atomic E-state index is 0.165. The number of thioether (sulfide) groups is 1. The van der Waals surface area contributed by atoms with Crippen molar-refractivity contribution in [2.24, 2.45) is 4.99 Å². The third kappa shape index (κ3) is 6.36. The summed E-state index contributed by atoms with van der Waals surface area (Å²) < 4.78 is 11.8. The van der Waals surface area contributed by atoms with Crippen molar-refractivity contribution in [1.82, 2.24) is 4.90 Å². The van der Waals surface area contributed by atoms with Gasteiger partial charge in [0, 0.05) is 7.05 Å². The van der Waals surface area contributed by atoms with Gasteiger partial charge in [0.05, 0.1) is 30.8 Å². The number of hydrogen-bond acceptors (Lipinski definition) is 7. The highest BCUT2D eigenvalue weighted by atomic mass is 127. The summed E-state index contributed by atoms with van der Waals surface area (Å²) in [7, 11) is 1.63. The zero-order valence-electron chi connectivity index (χ0n) is 17.5. The second kappa shape index (κ2) is 11.2. The lowest BCUT2D eigenvalue weighted by Gasteiger charge is -2.11. The number of benzene rings is 2. The number of carbonyl (C=O) groups is 3. The fraction of sp³-hybridized carbons (Fsp3) is 0.182. The number of likely N-dealkylation sites (N-methyl/N-ethyl adjacent to an activating group) is 1. The van der Waals surface area contributed by atoms with E-state index in [0.717, 1.165) is 9.13 Å². The summed E-state index contributed by atoms with van der Waals surface area (Å²) in [4.78, 5) is 41.7. The molecule has 0 aromatic heterocycles. The molecule has 8 nitrogen and oxygen atoms in total. The molecule has 1 amide bonds. The first-order valence-corrected chi connectivity index (χ1v) is 12.3. The van der Waals surface area contributed by atoms with Gasteiger partial charge in [-0.25, -0.2) is 14.6 Å². The van der Waals surface area contributed by atoms with Crippen LogP contribution in [0.4, 0.5) is 5.69 Å². The van der Waals surface area contributed by atoms with Crippen molar-refractivity contribution in [2.75, 3.05) is 20.3 Å². The lowest BCUT2D eigenvalue weighted by molar-refractivity contribution is -0.145. The topological polar surface area (TPSA) is 106 Å². The summed E-state index contributed by atoms with van der Waals surface area (Å²) in [5.74, 6) is -1.15. The predicted molar refractivity (Wildman–Crippen MR) is 138 cm³/mol. The normalized spacial score (nSPS) is 15.9. The van der Waals surface area contributed by atoms with E-state index in [1.807, 2.05) is 6.07 Å². The van der Waals surface area contributed by atoms with Crippen LogP contribution >= 0.6 is 50.3 Å². The number of carbonyl (C=O) groups excluding carboxylic acids is 2. The summed E-state index contributed by atoms with van der Waals surface area (Å²) in [6.45, 7) is 1.81. The smallest absolute Gasteiger partial charge is 0.344 e. The van der Waals surface area contributed by atoms with E-state index in [1.165, 1.54) is 28.8 Å². The number of halogens is 2. The molecule has 0 atom stereocenters. The van der Waals surface area contributed by atoms with E-state index < -0.39 is 11.9 Å². The number of carboxylic acids is 1. The molecule has 0 aliphatic carbocycles. The minimum atomic E-state index is -1.01. The van der Waals surface area contributed by atoms with Crippen molar-refractivity contribution >= 4 is 85.1 Å². The Kier molecular flexibility index (Phi) is 8.54. The number of rotatable bonds is 7. The van der Waals surface area contributed by atoms with Gasteiger partial charge >= 0.3 is 11.9 Å². The van der Waals surface area contributed by atoms with Crippen LogP contribution in [0.25, 0.3) is 6.08 Å². The number of aliphatic imine (C=N–C) groups is 1. The fourth-order valence-electron chi connectivity index (χ4n) is 2.73. The van der Waals surface area contributed by atoms with Gasteiger partial charge in [-0.05, 0) is 105 Å². The molecule has 0 unspecified atom stereocenters. The second-order valence-electron chi connectivity index (χ2n) is 6.63. The van der Waals surface area contributed by atoms with Crippen molar-refractivity contribution in [2.45, 2.75) is 6.92 Å². The summed E-state index contributed by atoms with van der Waals surface area (Å²) in [5.41, 5.74) is 1.48. The Hall–Kier alpha value is -2.38. The van der Waals surface area contributed by atoms with Crippen LogP contribution in [0.3, 0.4) is 0 Å². The molecule has 0 radical (unpaired) electrons. The predicted octanol–water partition coefficient (Wildman–Crippen LogP) is 4.93. The average Bonchev–Trinajstić information content (AvgIpc) is 3.01. The maximum atomic E-state index is 12.7. The van der Waals surface area contributed by atoms with Gasteiger partial charge in [0.1, 0.15) is 5.75 Å². The van der Waals surface area contributed by atoms with Crippen molar-refractivity contribution in [1.29, 1.82) is 0 Å². The third-order valence-electron chi connectivity index (χ3n) is 4.30. The first-order valence-electron chi connectivity index (χ1n) is 9.56. The molecule has 1 aliphatic rings. The van der Waals surface area contributed by atoms with Crippen molar-refractivity contribution in [3.05, 3.63) is 60.5 Å².